The van der Waals surface area contributed by atoms with Gasteiger partial charge in [0, 0.05) is 5.56 Å². The van der Waals surface area contributed by atoms with Crippen LogP contribution in [0, 0.1) is 13.8 Å². The van der Waals surface area contributed by atoms with Gasteiger partial charge < -0.3 is 0 Å². The normalized spacial score (nSPS) is 11.8. The lowest BCUT2D eigenvalue weighted by atomic mass is 9.89. The molecule has 1 heterocycles. The van der Waals surface area contributed by atoms with Gasteiger partial charge in [0.2, 0.25) is 0 Å². The van der Waals surface area contributed by atoms with E-state index in [0.29, 0.717) is 5.82 Å². The van der Waals surface area contributed by atoms with Crippen molar-refractivity contribution in [1.29, 1.82) is 0 Å². The van der Waals surface area contributed by atoms with Crippen LogP contribution in [-0.2, 0) is 0 Å². The van der Waals surface area contributed by atoms with Gasteiger partial charge in [-0.3, -0.25) is 0 Å². The maximum absolute atomic E-state index is 4.58. The van der Waals surface area contributed by atoms with Gasteiger partial charge in [0.15, 0.2) is 5.82 Å². The Bertz CT molecular complexity index is 2790. The lowest BCUT2D eigenvalue weighted by molar-refractivity contribution is 0.928. The van der Waals surface area contributed by atoms with Crippen LogP contribution < -0.4 is 0 Å². The molecule has 9 aromatic rings. The van der Waals surface area contributed by atoms with Crippen molar-refractivity contribution in [1.82, 2.24) is 15.0 Å². The Morgan fingerprint density at radius 1 is 0.340 bits per heavy atom. The summed E-state index contributed by atoms with van der Waals surface area (Å²) in [5.41, 5.74) is 13.5. The first-order valence-electron chi connectivity index (χ1n) is 17.1. The van der Waals surface area contributed by atoms with E-state index in [2.05, 4.69) is 167 Å². The molecule has 0 atom stereocenters. The molecule has 0 N–H and O–H groups in total. The van der Waals surface area contributed by atoms with Gasteiger partial charge in [0.25, 0.3) is 0 Å². The third kappa shape index (κ3) is 4.48. The van der Waals surface area contributed by atoms with Gasteiger partial charge in [-0.2, -0.15) is 0 Å². The number of hydrogen-bond acceptors (Lipinski definition) is 3. The zero-order valence-electron chi connectivity index (χ0n) is 27.8. The van der Waals surface area contributed by atoms with Crippen LogP contribution in [0.4, 0.5) is 0 Å². The molecule has 0 amide bonds. The minimum atomic E-state index is 0.704. The van der Waals surface area contributed by atoms with E-state index in [1.165, 1.54) is 82.4 Å². The van der Waals surface area contributed by atoms with Crippen molar-refractivity contribution >= 4 is 32.3 Å². The predicted molar refractivity (Wildman–Crippen MR) is 208 cm³/mol. The number of rotatable bonds is 4. The Hall–Kier alpha value is -6.45. The van der Waals surface area contributed by atoms with Gasteiger partial charge >= 0.3 is 0 Å². The molecule has 10 rings (SSSR count). The Labute approximate surface area is 290 Å². The van der Waals surface area contributed by atoms with E-state index in [9.17, 15) is 0 Å². The number of aromatic nitrogens is 3. The second kappa shape index (κ2) is 11.0. The third-order valence-electron chi connectivity index (χ3n) is 10.2. The molecule has 0 spiro atoms. The Morgan fingerprint density at radius 2 is 0.840 bits per heavy atom. The van der Waals surface area contributed by atoms with Gasteiger partial charge in [0.05, 0.1) is 0 Å². The van der Waals surface area contributed by atoms with Crippen LogP contribution in [0.3, 0.4) is 0 Å². The smallest absolute Gasteiger partial charge is 0.163 e. The van der Waals surface area contributed by atoms with E-state index in [-0.39, 0.29) is 0 Å². The fourth-order valence-corrected chi connectivity index (χ4v) is 7.96. The van der Waals surface area contributed by atoms with Gasteiger partial charge in [-0.1, -0.05) is 133 Å². The summed E-state index contributed by atoms with van der Waals surface area (Å²) in [4.78, 5) is 13.5. The average Bonchev–Trinajstić information content (AvgIpc) is 3.50. The highest BCUT2D eigenvalue weighted by molar-refractivity contribution is 6.26. The van der Waals surface area contributed by atoms with E-state index in [4.69, 9.17) is 0 Å². The molecule has 0 radical (unpaired) electrons. The lowest BCUT2D eigenvalue weighted by Crippen LogP contribution is -1.98. The summed E-state index contributed by atoms with van der Waals surface area (Å²) in [5, 5.41) is 7.69. The molecule has 3 nitrogen and oxygen atoms in total. The van der Waals surface area contributed by atoms with Gasteiger partial charge in [-0.25, -0.2) is 15.0 Å². The van der Waals surface area contributed by atoms with E-state index >= 15 is 0 Å². The summed E-state index contributed by atoms with van der Waals surface area (Å²) >= 11 is 0. The monoisotopic (exact) mass is 637 g/mol. The van der Waals surface area contributed by atoms with Crippen molar-refractivity contribution in [3.05, 3.63) is 163 Å². The maximum atomic E-state index is 4.58. The minimum absolute atomic E-state index is 0.704. The first kappa shape index (κ1) is 28.6. The van der Waals surface area contributed by atoms with Crippen LogP contribution in [0.25, 0.3) is 99.3 Å². The second-order valence-corrected chi connectivity index (χ2v) is 13.3. The molecule has 1 aliphatic rings. The fourth-order valence-electron chi connectivity index (χ4n) is 7.96. The summed E-state index contributed by atoms with van der Waals surface area (Å²) in [6, 6.07) is 55.6. The van der Waals surface area contributed by atoms with Gasteiger partial charge in [0.1, 0.15) is 11.6 Å². The van der Waals surface area contributed by atoms with Crippen LogP contribution in [0.15, 0.2) is 152 Å². The van der Waals surface area contributed by atoms with Crippen molar-refractivity contribution in [2.24, 2.45) is 0 Å². The van der Waals surface area contributed by atoms with E-state index < -0.39 is 0 Å². The predicted octanol–water partition coefficient (Wildman–Crippen LogP) is 12.3. The Morgan fingerprint density at radius 3 is 1.48 bits per heavy atom. The Kier molecular flexibility index (Phi) is 6.31. The summed E-state index contributed by atoms with van der Waals surface area (Å²) in [6.45, 7) is 3.82. The van der Waals surface area contributed by atoms with Crippen LogP contribution in [0.1, 0.15) is 11.6 Å². The van der Waals surface area contributed by atoms with E-state index in [0.717, 1.165) is 22.8 Å². The maximum Gasteiger partial charge on any atom is 0.163 e. The quantitative estimate of drug-likeness (QED) is 0.180. The highest BCUT2D eigenvalue weighted by atomic mass is 15.0. The van der Waals surface area contributed by atoms with Crippen molar-refractivity contribution in [2.45, 2.75) is 13.8 Å². The highest BCUT2D eigenvalue weighted by Crippen LogP contribution is 2.52. The highest BCUT2D eigenvalue weighted by Gasteiger charge is 2.25. The molecule has 1 aromatic heterocycles. The molecule has 0 unspecified atom stereocenters. The average molecular weight is 638 g/mol. The van der Waals surface area contributed by atoms with Crippen molar-refractivity contribution < 1.29 is 0 Å². The molecule has 0 aliphatic heterocycles. The number of hydrogen-bond donors (Lipinski definition) is 0. The summed E-state index contributed by atoms with van der Waals surface area (Å²) in [6.07, 6.45) is 0. The summed E-state index contributed by atoms with van der Waals surface area (Å²) < 4.78 is 0. The van der Waals surface area contributed by atoms with Crippen molar-refractivity contribution in [3.8, 4) is 67.0 Å². The molecule has 234 valence electrons. The molecule has 1 aliphatic carbocycles. The van der Waals surface area contributed by atoms with Crippen LogP contribution in [0.5, 0.6) is 0 Å². The van der Waals surface area contributed by atoms with Crippen LogP contribution in [0.2, 0.25) is 0 Å². The second-order valence-electron chi connectivity index (χ2n) is 13.3. The number of benzene rings is 8. The fraction of sp³-hybridized carbons (Fsp3) is 0.0426. The third-order valence-corrected chi connectivity index (χ3v) is 10.2. The van der Waals surface area contributed by atoms with E-state index in [1.807, 2.05) is 13.8 Å². The van der Waals surface area contributed by atoms with Gasteiger partial charge in [-0.05, 0) is 120 Å². The number of nitrogens with zero attached hydrogens (tertiary/aromatic N) is 3. The lowest BCUT2D eigenvalue weighted by Gasteiger charge is -2.15. The molecule has 8 aromatic carbocycles. The minimum Gasteiger partial charge on any atom is -0.219 e. The van der Waals surface area contributed by atoms with Gasteiger partial charge in [-0.15, -0.1) is 0 Å². The largest absolute Gasteiger partial charge is 0.219 e. The molecular formula is C47H31N3. The number of fused-ring (bicyclic) bond motifs is 6. The zero-order chi connectivity index (χ0) is 33.3. The molecule has 50 heavy (non-hydrogen) atoms. The van der Waals surface area contributed by atoms with Crippen molar-refractivity contribution in [2.75, 3.05) is 0 Å². The zero-order valence-corrected chi connectivity index (χ0v) is 27.8. The molecule has 0 bridgehead atoms. The first-order valence-corrected chi connectivity index (χ1v) is 17.1. The topological polar surface area (TPSA) is 38.7 Å². The molecule has 0 saturated carbocycles. The van der Waals surface area contributed by atoms with Crippen LogP contribution in [-0.4, -0.2) is 15.0 Å². The molecule has 0 saturated heterocycles. The summed E-state index contributed by atoms with van der Waals surface area (Å²) in [5.74, 6) is 2.16. The Balaban J connectivity index is 1.10. The van der Waals surface area contributed by atoms with Crippen LogP contribution >= 0.6 is 0 Å². The summed E-state index contributed by atoms with van der Waals surface area (Å²) in [7, 11) is 0. The standard InChI is InChI=1S/C47H31N3/c1-28-48-29(2)50-47(49-28)33-21-19-32(20-22-33)43-26-35-10-4-3-9-34(35)25-42(43)31-17-15-30(16-18-31)37-23-24-41-39-13-7-8-14-40(39)45-38-12-6-5-11-36(38)27-44(37)46(41)45/h3-27H,1-2H3. The molecular weight excluding hydrogens is 607 g/mol. The number of aryl methyl sites for hydroxylation is 2. The van der Waals surface area contributed by atoms with Crippen molar-refractivity contribution in [3.63, 3.8) is 0 Å². The first-order chi connectivity index (χ1) is 24.6. The SMILES string of the molecule is Cc1nc(C)nc(-c2ccc(-c3cc4ccccc4cc3-c3ccc(-c4ccc5c6c(c7ccccc7cc46)-c4ccccc4-5)cc3)cc2)n1. The molecule has 0 fully saturated rings. The van der Waals surface area contributed by atoms with E-state index in [1.54, 1.807) is 0 Å². The molecule has 3 heteroatoms.